The smallest absolute Gasteiger partial charge is 0.235 e. The SMILES string of the molecule is CCCCN(CCO)C(C)CC(=O)NN. The van der Waals surface area contributed by atoms with Crippen molar-refractivity contribution in [1.82, 2.24) is 10.3 Å². The maximum Gasteiger partial charge on any atom is 0.235 e. The van der Waals surface area contributed by atoms with Gasteiger partial charge in [-0.05, 0) is 19.9 Å². The van der Waals surface area contributed by atoms with Gasteiger partial charge in [0.05, 0.1) is 6.61 Å². The zero-order valence-electron chi connectivity index (χ0n) is 9.70. The molecule has 0 aromatic heterocycles. The number of carbonyl (C=O) groups is 1. The van der Waals surface area contributed by atoms with Crippen molar-refractivity contribution >= 4 is 5.91 Å². The molecule has 0 aromatic carbocycles. The molecule has 90 valence electrons. The first-order valence-electron chi connectivity index (χ1n) is 5.50. The van der Waals surface area contributed by atoms with Gasteiger partial charge in [0.15, 0.2) is 0 Å². The molecule has 0 spiro atoms. The highest BCUT2D eigenvalue weighted by Crippen LogP contribution is 2.05. The second kappa shape index (κ2) is 8.64. The maximum atomic E-state index is 11.1. The van der Waals surface area contributed by atoms with E-state index in [2.05, 4.69) is 17.2 Å². The van der Waals surface area contributed by atoms with Crippen molar-refractivity contribution in [3.8, 4) is 0 Å². The highest BCUT2D eigenvalue weighted by atomic mass is 16.3. The molecule has 0 bridgehead atoms. The van der Waals surface area contributed by atoms with E-state index in [0.29, 0.717) is 13.0 Å². The molecule has 1 unspecified atom stereocenters. The summed E-state index contributed by atoms with van der Waals surface area (Å²) in [6, 6.07) is 0.118. The number of hydrogen-bond acceptors (Lipinski definition) is 4. The second-order valence-electron chi connectivity index (χ2n) is 3.73. The number of nitrogens with zero attached hydrogens (tertiary/aromatic N) is 1. The van der Waals surface area contributed by atoms with Gasteiger partial charge in [-0.15, -0.1) is 0 Å². The quantitative estimate of drug-likeness (QED) is 0.300. The molecule has 0 radical (unpaired) electrons. The lowest BCUT2D eigenvalue weighted by atomic mass is 10.1. The summed E-state index contributed by atoms with van der Waals surface area (Å²) in [5, 5.41) is 8.91. The Morgan fingerprint density at radius 3 is 2.67 bits per heavy atom. The summed E-state index contributed by atoms with van der Waals surface area (Å²) >= 11 is 0. The number of nitrogens with two attached hydrogens (primary N) is 1. The molecule has 0 aliphatic rings. The zero-order valence-corrected chi connectivity index (χ0v) is 9.70. The number of unbranched alkanes of at least 4 members (excludes halogenated alkanes) is 1. The van der Waals surface area contributed by atoms with Crippen LogP contribution in [0.25, 0.3) is 0 Å². The van der Waals surface area contributed by atoms with Gasteiger partial charge < -0.3 is 5.11 Å². The average molecular weight is 217 g/mol. The highest BCUT2D eigenvalue weighted by molar-refractivity contribution is 5.75. The number of amides is 1. The topological polar surface area (TPSA) is 78.6 Å². The van der Waals surface area contributed by atoms with E-state index in [1.54, 1.807) is 0 Å². The van der Waals surface area contributed by atoms with E-state index in [-0.39, 0.29) is 18.6 Å². The summed E-state index contributed by atoms with van der Waals surface area (Å²) in [7, 11) is 0. The van der Waals surface area contributed by atoms with Crippen molar-refractivity contribution in [3.05, 3.63) is 0 Å². The summed E-state index contributed by atoms with van der Waals surface area (Å²) < 4.78 is 0. The average Bonchev–Trinajstić information content (AvgIpc) is 2.23. The van der Waals surface area contributed by atoms with E-state index in [4.69, 9.17) is 10.9 Å². The molecular weight excluding hydrogens is 194 g/mol. The van der Waals surface area contributed by atoms with Gasteiger partial charge in [-0.3, -0.25) is 15.1 Å². The van der Waals surface area contributed by atoms with Crippen molar-refractivity contribution < 1.29 is 9.90 Å². The summed E-state index contributed by atoms with van der Waals surface area (Å²) in [6.07, 6.45) is 2.56. The van der Waals surface area contributed by atoms with Gasteiger partial charge in [0.25, 0.3) is 0 Å². The van der Waals surface area contributed by atoms with Gasteiger partial charge in [0.2, 0.25) is 5.91 Å². The molecule has 0 aliphatic carbocycles. The lowest BCUT2D eigenvalue weighted by Crippen LogP contribution is -2.41. The molecule has 15 heavy (non-hydrogen) atoms. The number of hydrazine groups is 1. The molecule has 0 aromatic rings. The Labute approximate surface area is 91.6 Å². The Kier molecular flexibility index (Phi) is 8.27. The fourth-order valence-corrected chi connectivity index (χ4v) is 1.50. The summed E-state index contributed by atoms with van der Waals surface area (Å²) in [5.74, 6) is 4.86. The van der Waals surface area contributed by atoms with Crippen molar-refractivity contribution in [1.29, 1.82) is 0 Å². The van der Waals surface area contributed by atoms with Crippen molar-refractivity contribution in [2.24, 2.45) is 5.84 Å². The van der Waals surface area contributed by atoms with Gasteiger partial charge in [-0.2, -0.15) is 0 Å². The fraction of sp³-hybridized carbons (Fsp3) is 0.900. The Balaban J connectivity index is 4.02. The van der Waals surface area contributed by atoms with Gasteiger partial charge in [-0.25, -0.2) is 5.84 Å². The first-order chi connectivity index (χ1) is 7.15. The molecule has 0 saturated heterocycles. The van der Waals surface area contributed by atoms with Crippen LogP contribution in [0.2, 0.25) is 0 Å². The maximum absolute atomic E-state index is 11.1. The third-order valence-corrected chi connectivity index (χ3v) is 2.45. The minimum atomic E-state index is -0.165. The summed E-state index contributed by atoms with van der Waals surface area (Å²) in [5.41, 5.74) is 2.12. The monoisotopic (exact) mass is 217 g/mol. The third-order valence-electron chi connectivity index (χ3n) is 2.45. The first-order valence-corrected chi connectivity index (χ1v) is 5.50. The van der Waals surface area contributed by atoms with Crippen LogP contribution in [-0.4, -0.2) is 41.7 Å². The number of nitrogens with one attached hydrogen (secondary N) is 1. The molecule has 0 heterocycles. The lowest BCUT2D eigenvalue weighted by molar-refractivity contribution is -0.122. The normalized spacial score (nSPS) is 12.9. The number of rotatable bonds is 8. The number of aliphatic hydroxyl groups excluding tert-OH is 1. The highest BCUT2D eigenvalue weighted by Gasteiger charge is 2.15. The van der Waals surface area contributed by atoms with Crippen molar-refractivity contribution in [2.45, 2.75) is 39.2 Å². The predicted molar refractivity (Wildman–Crippen MR) is 60.0 cm³/mol. The lowest BCUT2D eigenvalue weighted by Gasteiger charge is -2.27. The first kappa shape index (κ1) is 14.3. The van der Waals surface area contributed by atoms with E-state index >= 15 is 0 Å². The summed E-state index contributed by atoms with van der Waals surface area (Å²) in [4.78, 5) is 13.2. The third kappa shape index (κ3) is 6.43. The molecule has 0 saturated carbocycles. The minimum Gasteiger partial charge on any atom is -0.395 e. The number of aliphatic hydroxyl groups is 1. The molecule has 4 N–H and O–H groups in total. The van der Waals surface area contributed by atoms with E-state index < -0.39 is 0 Å². The van der Waals surface area contributed by atoms with E-state index in [1.165, 1.54) is 0 Å². The van der Waals surface area contributed by atoms with Crippen LogP contribution in [-0.2, 0) is 4.79 Å². The standard InChI is InChI=1S/C10H23N3O2/c1-3-4-5-13(6-7-14)9(2)8-10(15)12-11/h9,14H,3-8,11H2,1-2H3,(H,12,15). The molecular formula is C10H23N3O2. The van der Waals surface area contributed by atoms with Crippen LogP contribution >= 0.6 is 0 Å². The van der Waals surface area contributed by atoms with Crippen LogP contribution in [0.15, 0.2) is 0 Å². The van der Waals surface area contributed by atoms with Crippen molar-refractivity contribution in [3.63, 3.8) is 0 Å². The van der Waals surface area contributed by atoms with E-state index in [1.807, 2.05) is 6.92 Å². The molecule has 0 fully saturated rings. The number of hydrogen-bond donors (Lipinski definition) is 3. The molecule has 1 amide bonds. The van der Waals surface area contributed by atoms with Crippen LogP contribution in [0.5, 0.6) is 0 Å². The molecule has 0 aliphatic heterocycles. The predicted octanol–water partition coefficient (Wildman–Crippen LogP) is -0.151. The summed E-state index contributed by atoms with van der Waals surface area (Å²) in [6.45, 7) is 5.74. The van der Waals surface area contributed by atoms with Crippen LogP contribution in [0, 0.1) is 0 Å². The van der Waals surface area contributed by atoms with Crippen molar-refractivity contribution in [2.75, 3.05) is 19.7 Å². The molecule has 5 heteroatoms. The minimum absolute atomic E-state index is 0.118. The molecule has 0 rings (SSSR count). The van der Waals surface area contributed by atoms with E-state index in [0.717, 1.165) is 19.4 Å². The number of carbonyl (C=O) groups excluding carboxylic acids is 1. The van der Waals surface area contributed by atoms with Crippen LogP contribution < -0.4 is 11.3 Å². The van der Waals surface area contributed by atoms with Gasteiger partial charge in [0.1, 0.15) is 0 Å². The van der Waals surface area contributed by atoms with Crippen LogP contribution in [0.3, 0.4) is 0 Å². The molecule has 5 nitrogen and oxygen atoms in total. The molecule has 1 atom stereocenters. The Bertz CT molecular complexity index is 176. The Morgan fingerprint density at radius 2 is 2.20 bits per heavy atom. The Hall–Kier alpha value is -0.650. The zero-order chi connectivity index (χ0) is 11.7. The van der Waals surface area contributed by atoms with Crippen LogP contribution in [0.1, 0.15) is 33.1 Å². The van der Waals surface area contributed by atoms with E-state index in [9.17, 15) is 4.79 Å². The van der Waals surface area contributed by atoms with Gasteiger partial charge in [0, 0.05) is 19.0 Å². The van der Waals surface area contributed by atoms with Gasteiger partial charge >= 0.3 is 0 Å². The van der Waals surface area contributed by atoms with Gasteiger partial charge in [-0.1, -0.05) is 13.3 Å². The fourth-order valence-electron chi connectivity index (χ4n) is 1.50. The second-order valence-corrected chi connectivity index (χ2v) is 3.73. The largest absolute Gasteiger partial charge is 0.395 e. The Morgan fingerprint density at radius 1 is 1.53 bits per heavy atom. The van der Waals surface area contributed by atoms with Crippen LogP contribution in [0.4, 0.5) is 0 Å².